The molecule has 1 heterocycles. The molecule has 0 unspecified atom stereocenters. The van der Waals surface area contributed by atoms with E-state index in [4.69, 9.17) is 4.74 Å². The van der Waals surface area contributed by atoms with Crippen LogP contribution >= 0.6 is 11.8 Å². The number of para-hydroxylation sites is 1. The van der Waals surface area contributed by atoms with Crippen molar-refractivity contribution in [1.82, 2.24) is 14.8 Å². The number of hydrogen-bond donors (Lipinski definition) is 0. The maximum absolute atomic E-state index is 12.9. The van der Waals surface area contributed by atoms with E-state index in [1.54, 1.807) is 0 Å². The fourth-order valence-corrected chi connectivity index (χ4v) is 3.28. The second kappa shape index (κ2) is 8.62. The van der Waals surface area contributed by atoms with E-state index in [9.17, 15) is 9.18 Å². The number of hydrogen-bond acceptors (Lipinski definition) is 5. The molecule has 5 nitrogen and oxygen atoms in total. The van der Waals surface area contributed by atoms with Crippen LogP contribution in [0.25, 0.3) is 0 Å². The lowest BCUT2D eigenvalue weighted by atomic mass is 10.1. The summed E-state index contributed by atoms with van der Waals surface area (Å²) in [6, 6.07) is 15.0. The predicted octanol–water partition coefficient (Wildman–Crippen LogP) is 3.99. The molecule has 3 aromatic rings. The first-order valence-corrected chi connectivity index (χ1v) is 9.17. The van der Waals surface area contributed by atoms with Crippen molar-refractivity contribution in [2.75, 3.05) is 5.75 Å². The van der Waals surface area contributed by atoms with Gasteiger partial charge in [0.2, 0.25) is 0 Å². The first kappa shape index (κ1) is 18.1. The van der Waals surface area contributed by atoms with E-state index in [1.807, 2.05) is 41.8 Å². The van der Waals surface area contributed by atoms with Crippen molar-refractivity contribution < 1.29 is 13.9 Å². The number of ketones is 1. The maximum Gasteiger partial charge on any atom is 0.191 e. The third-order valence-corrected chi connectivity index (χ3v) is 4.69. The van der Waals surface area contributed by atoms with Gasteiger partial charge in [-0.05, 0) is 43.3 Å². The zero-order valence-electron chi connectivity index (χ0n) is 14.3. The normalized spacial score (nSPS) is 10.7. The molecule has 0 N–H and O–H groups in total. The molecular formula is C19H18FN3O2S. The number of nitrogens with zero attached hydrogens (tertiary/aromatic N) is 3. The molecule has 0 aliphatic rings. The summed E-state index contributed by atoms with van der Waals surface area (Å²) in [5, 5.41) is 8.99. The summed E-state index contributed by atoms with van der Waals surface area (Å²) in [7, 11) is 0. The number of halogens is 1. The van der Waals surface area contributed by atoms with Gasteiger partial charge in [0.05, 0.1) is 5.75 Å². The Balaban J connectivity index is 1.62. The SMILES string of the molecule is CCn1c(COc2ccccc2)nnc1SCC(=O)c1ccc(F)cc1. The second-order valence-corrected chi connectivity index (χ2v) is 6.41. The van der Waals surface area contributed by atoms with Crippen molar-refractivity contribution in [3.8, 4) is 5.75 Å². The highest BCUT2D eigenvalue weighted by Crippen LogP contribution is 2.20. The highest BCUT2D eigenvalue weighted by molar-refractivity contribution is 7.99. The van der Waals surface area contributed by atoms with Gasteiger partial charge in [-0.15, -0.1) is 10.2 Å². The topological polar surface area (TPSA) is 57.0 Å². The Morgan fingerprint density at radius 2 is 1.85 bits per heavy atom. The third-order valence-electron chi connectivity index (χ3n) is 3.72. The summed E-state index contributed by atoms with van der Waals surface area (Å²) in [4.78, 5) is 12.2. The average Bonchev–Trinajstić information content (AvgIpc) is 3.07. The lowest BCUT2D eigenvalue weighted by Gasteiger charge is -2.08. The van der Waals surface area contributed by atoms with Crippen LogP contribution < -0.4 is 4.74 Å². The highest BCUT2D eigenvalue weighted by Gasteiger charge is 2.14. The minimum atomic E-state index is -0.358. The fraction of sp³-hybridized carbons (Fsp3) is 0.211. The van der Waals surface area contributed by atoms with Crippen molar-refractivity contribution in [2.24, 2.45) is 0 Å². The summed E-state index contributed by atoms with van der Waals surface area (Å²) >= 11 is 1.31. The quantitative estimate of drug-likeness (QED) is 0.443. The van der Waals surface area contributed by atoms with Gasteiger partial charge in [0.1, 0.15) is 18.2 Å². The van der Waals surface area contributed by atoms with Crippen molar-refractivity contribution in [3.63, 3.8) is 0 Å². The van der Waals surface area contributed by atoms with Gasteiger partial charge in [-0.25, -0.2) is 4.39 Å². The van der Waals surface area contributed by atoms with Gasteiger partial charge in [0.15, 0.2) is 16.8 Å². The van der Waals surface area contributed by atoms with Crippen molar-refractivity contribution in [1.29, 1.82) is 0 Å². The van der Waals surface area contributed by atoms with Crippen molar-refractivity contribution in [3.05, 3.63) is 71.8 Å². The minimum absolute atomic E-state index is 0.0808. The molecule has 0 amide bonds. The Morgan fingerprint density at radius 3 is 2.54 bits per heavy atom. The molecule has 0 aliphatic heterocycles. The lowest BCUT2D eigenvalue weighted by molar-refractivity contribution is 0.102. The summed E-state index contributed by atoms with van der Waals surface area (Å²) in [6.07, 6.45) is 0. The van der Waals surface area contributed by atoms with E-state index in [0.717, 1.165) is 5.75 Å². The van der Waals surface area contributed by atoms with Crippen LogP contribution in [-0.4, -0.2) is 26.3 Å². The number of carbonyl (C=O) groups excluding carboxylic acids is 1. The van der Waals surface area contributed by atoms with Crippen LogP contribution in [0, 0.1) is 5.82 Å². The van der Waals surface area contributed by atoms with Crippen LogP contribution in [0.4, 0.5) is 4.39 Å². The molecule has 134 valence electrons. The standard InChI is InChI=1S/C19H18FN3O2S/c1-2-23-18(12-25-16-6-4-3-5-7-16)21-22-19(23)26-13-17(24)14-8-10-15(20)11-9-14/h3-11H,2,12-13H2,1H3. The number of Topliss-reactive ketones (excluding diaryl/α,β-unsaturated/α-hetero) is 1. The molecular weight excluding hydrogens is 353 g/mol. The largest absolute Gasteiger partial charge is 0.486 e. The number of benzene rings is 2. The molecule has 3 rings (SSSR count). The zero-order valence-corrected chi connectivity index (χ0v) is 15.1. The highest BCUT2D eigenvalue weighted by atomic mass is 32.2. The third kappa shape index (κ3) is 4.49. The van der Waals surface area contributed by atoms with Gasteiger partial charge in [0.25, 0.3) is 0 Å². The van der Waals surface area contributed by atoms with Gasteiger partial charge >= 0.3 is 0 Å². The van der Waals surface area contributed by atoms with Crippen molar-refractivity contribution in [2.45, 2.75) is 25.2 Å². The summed E-state index contributed by atoms with van der Waals surface area (Å²) in [5.74, 6) is 1.24. The molecule has 0 saturated heterocycles. The van der Waals surface area contributed by atoms with Crippen LogP contribution in [0.5, 0.6) is 5.75 Å². The number of carbonyl (C=O) groups is 1. The summed E-state index contributed by atoms with van der Waals surface area (Å²) < 4.78 is 20.6. The van der Waals surface area contributed by atoms with Gasteiger partial charge in [0, 0.05) is 12.1 Å². The first-order valence-electron chi connectivity index (χ1n) is 8.19. The molecule has 0 spiro atoms. The van der Waals surface area contributed by atoms with E-state index < -0.39 is 0 Å². The molecule has 0 bridgehead atoms. The number of rotatable bonds is 8. The number of thioether (sulfide) groups is 1. The van der Waals surface area contributed by atoms with E-state index >= 15 is 0 Å². The maximum atomic E-state index is 12.9. The summed E-state index contributed by atoms with van der Waals surface area (Å²) in [5.41, 5.74) is 0.481. The van der Waals surface area contributed by atoms with Crippen LogP contribution in [0.1, 0.15) is 23.1 Å². The molecule has 0 aliphatic carbocycles. The number of ether oxygens (including phenoxy) is 1. The smallest absolute Gasteiger partial charge is 0.191 e. The van der Waals surface area contributed by atoms with E-state index in [2.05, 4.69) is 10.2 Å². The van der Waals surface area contributed by atoms with Crippen molar-refractivity contribution >= 4 is 17.5 Å². The lowest BCUT2D eigenvalue weighted by Crippen LogP contribution is -2.08. The predicted molar refractivity (Wildman–Crippen MR) is 97.9 cm³/mol. The molecule has 0 radical (unpaired) electrons. The molecule has 7 heteroatoms. The average molecular weight is 371 g/mol. The van der Waals surface area contributed by atoms with E-state index in [0.29, 0.717) is 29.7 Å². The molecule has 0 fully saturated rings. The van der Waals surface area contributed by atoms with Gasteiger partial charge in [-0.3, -0.25) is 4.79 Å². The molecule has 26 heavy (non-hydrogen) atoms. The Bertz CT molecular complexity index is 866. The zero-order chi connectivity index (χ0) is 18.4. The van der Waals surface area contributed by atoms with Gasteiger partial charge in [-0.1, -0.05) is 30.0 Å². The second-order valence-electron chi connectivity index (χ2n) is 5.46. The molecule has 0 atom stereocenters. The Kier molecular flexibility index (Phi) is 6.01. The molecule has 1 aromatic heterocycles. The van der Waals surface area contributed by atoms with E-state index in [-0.39, 0.29) is 17.4 Å². The summed E-state index contributed by atoms with van der Waals surface area (Å²) in [6.45, 7) is 2.96. The monoisotopic (exact) mass is 371 g/mol. The van der Waals surface area contributed by atoms with Crippen LogP contribution in [-0.2, 0) is 13.2 Å². The fourth-order valence-electron chi connectivity index (χ4n) is 2.36. The molecule has 2 aromatic carbocycles. The Labute approximate surface area is 155 Å². The van der Waals surface area contributed by atoms with Crippen LogP contribution in [0.15, 0.2) is 59.8 Å². The van der Waals surface area contributed by atoms with Crippen LogP contribution in [0.2, 0.25) is 0 Å². The van der Waals surface area contributed by atoms with Gasteiger partial charge < -0.3 is 9.30 Å². The van der Waals surface area contributed by atoms with Crippen LogP contribution in [0.3, 0.4) is 0 Å². The molecule has 0 saturated carbocycles. The van der Waals surface area contributed by atoms with E-state index in [1.165, 1.54) is 36.0 Å². The Morgan fingerprint density at radius 1 is 1.12 bits per heavy atom. The van der Waals surface area contributed by atoms with Gasteiger partial charge in [-0.2, -0.15) is 0 Å². The Hall–Kier alpha value is -2.67. The first-order chi connectivity index (χ1) is 12.7. The minimum Gasteiger partial charge on any atom is -0.486 e. The number of aromatic nitrogens is 3.